The van der Waals surface area contributed by atoms with Crippen LogP contribution < -0.4 is 10.6 Å². The average molecular weight is 397 g/mol. The Kier molecular flexibility index (Phi) is 7.27. The summed E-state index contributed by atoms with van der Waals surface area (Å²) < 4.78 is 11.3. The van der Waals surface area contributed by atoms with Crippen molar-refractivity contribution in [3.8, 4) is 0 Å². The van der Waals surface area contributed by atoms with Crippen LogP contribution in [0.3, 0.4) is 0 Å². The molecular weight excluding hydrogens is 356 g/mol. The molecule has 162 valence electrons. The standard InChI is InChI=1S/C22H40N2O4/c1-14(2)16-11-10-15(3)13-17(16)27-19(25)23-18-9-8-12-22(18,7)24-20(26)28-21(4,5)6/h14-18H,8-13H2,1-7H3,(H,23,25)(H,24,26)/t15-,16+,17-,18?,22?/m1/s1. The fourth-order valence-corrected chi connectivity index (χ4v) is 4.65. The van der Waals surface area contributed by atoms with Crippen molar-refractivity contribution >= 4 is 12.2 Å². The minimum atomic E-state index is -0.551. The van der Waals surface area contributed by atoms with Crippen LogP contribution in [0.5, 0.6) is 0 Å². The van der Waals surface area contributed by atoms with E-state index >= 15 is 0 Å². The molecule has 6 heteroatoms. The lowest BCUT2D eigenvalue weighted by atomic mass is 9.75. The molecule has 0 aromatic heterocycles. The van der Waals surface area contributed by atoms with E-state index in [9.17, 15) is 9.59 Å². The van der Waals surface area contributed by atoms with Crippen LogP contribution >= 0.6 is 0 Å². The normalized spacial score (nSPS) is 33.4. The first-order valence-electron chi connectivity index (χ1n) is 10.9. The van der Waals surface area contributed by atoms with Crippen LogP contribution in [0, 0.1) is 17.8 Å². The molecule has 2 aliphatic carbocycles. The van der Waals surface area contributed by atoms with Crippen LogP contribution in [0.15, 0.2) is 0 Å². The van der Waals surface area contributed by atoms with Gasteiger partial charge in [0.1, 0.15) is 11.7 Å². The SMILES string of the molecule is CC(C)[C@@H]1CC[C@@H](C)C[C@H]1OC(=O)NC1CCCC1(C)NC(=O)OC(C)(C)C. The first-order valence-corrected chi connectivity index (χ1v) is 10.9. The number of amides is 2. The van der Waals surface area contributed by atoms with Gasteiger partial charge < -0.3 is 20.1 Å². The molecule has 2 fully saturated rings. The van der Waals surface area contributed by atoms with Crippen molar-refractivity contribution < 1.29 is 19.1 Å². The summed E-state index contributed by atoms with van der Waals surface area (Å²) in [6.07, 6.45) is 4.94. The third-order valence-electron chi connectivity index (χ3n) is 6.26. The number of alkyl carbamates (subject to hydrolysis) is 2. The molecule has 5 atom stereocenters. The summed E-state index contributed by atoms with van der Waals surface area (Å²) in [5, 5.41) is 6.00. The van der Waals surface area contributed by atoms with E-state index in [1.54, 1.807) is 0 Å². The molecule has 0 spiro atoms. The van der Waals surface area contributed by atoms with E-state index in [1.165, 1.54) is 6.42 Å². The van der Waals surface area contributed by atoms with Crippen molar-refractivity contribution in [3.63, 3.8) is 0 Å². The number of carbonyl (C=O) groups excluding carboxylic acids is 2. The summed E-state index contributed by atoms with van der Waals surface area (Å²) in [5.74, 6) is 1.49. The number of nitrogens with one attached hydrogen (secondary N) is 2. The summed E-state index contributed by atoms with van der Waals surface area (Å²) >= 11 is 0. The second-order valence-corrected chi connectivity index (χ2v) is 10.4. The Bertz CT molecular complexity index is 557. The predicted molar refractivity (Wildman–Crippen MR) is 110 cm³/mol. The number of hydrogen-bond acceptors (Lipinski definition) is 4. The van der Waals surface area contributed by atoms with Crippen LogP contribution in [0.4, 0.5) is 9.59 Å². The van der Waals surface area contributed by atoms with E-state index in [2.05, 4.69) is 31.4 Å². The van der Waals surface area contributed by atoms with Crippen LogP contribution in [0.1, 0.15) is 87.0 Å². The zero-order valence-corrected chi connectivity index (χ0v) is 18.8. The summed E-state index contributed by atoms with van der Waals surface area (Å²) in [4.78, 5) is 24.9. The number of hydrogen-bond donors (Lipinski definition) is 2. The third kappa shape index (κ3) is 6.28. The van der Waals surface area contributed by atoms with Gasteiger partial charge >= 0.3 is 12.2 Å². The van der Waals surface area contributed by atoms with Gasteiger partial charge in [-0.15, -0.1) is 0 Å². The highest BCUT2D eigenvalue weighted by molar-refractivity contribution is 5.70. The molecule has 0 bridgehead atoms. The molecule has 0 aromatic rings. The van der Waals surface area contributed by atoms with Gasteiger partial charge in [0.25, 0.3) is 0 Å². The molecule has 2 saturated carbocycles. The van der Waals surface area contributed by atoms with Crippen LogP contribution in [-0.4, -0.2) is 35.5 Å². The summed E-state index contributed by atoms with van der Waals surface area (Å²) in [7, 11) is 0. The molecular formula is C22H40N2O4. The molecule has 0 aromatic carbocycles. The van der Waals surface area contributed by atoms with Gasteiger partial charge in [0, 0.05) is 0 Å². The van der Waals surface area contributed by atoms with Gasteiger partial charge in [-0.3, -0.25) is 0 Å². The van der Waals surface area contributed by atoms with Crippen LogP contribution in [-0.2, 0) is 9.47 Å². The molecule has 0 aliphatic heterocycles. The Morgan fingerprint density at radius 2 is 1.79 bits per heavy atom. The number of ether oxygens (including phenoxy) is 2. The van der Waals surface area contributed by atoms with E-state index in [0.29, 0.717) is 17.8 Å². The monoisotopic (exact) mass is 396 g/mol. The van der Waals surface area contributed by atoms with Crippen molar-refractivity contribution in [2.45, 2.75) is 110 Å². The van der Waals surface area contributed by atoms with Crippen molar-refractivity contribution in [1.82, 2.24) is 10.6 Å². The Labute approximate surface area is 170 Å². The second-order valence-electron chi connectivity index (χ2n) is 10.4. The molecule has 2 aliphatic rings. The van der Waals surface area contributed by atoms with Gasteiger partial charge in [-0.05, 0) is 77.6 Å². The maximum absolute atomic E-state index is 12.7. The van der Waals surface area contributed by atoms with Gasteiger partial charge in [0.15, 0.2) is 0 Å². The van der Waals surface area contributed by atoms with Crippen LogP contribution in [0.2, 0.25) is 0 Å². The van der Waals surface area contributed by atoms with E-state index in [0.717, 1.165) is 32.1 Å². The molecule has 0 saturated heterocycles. The average Bonchev–Trinajstić information content (AvgIpc) is 2.85. The lowest BCUT2D eigenvalue weighted by Crippen LogP contribution is -2.58. The molecule has 6 nitrogen and oxygen atoms in total. The first kappa shape index (κ1) is 22.8. The summed E-state index contributed by atoms with van der Waals surface area (Å²) in [6, 6.07) is -0.161. The van der Waals surface area contributed by atoms with Gasteiger partial charge in [-0.2, -0.15) is 0 Å². The second kappa shape index (κ2) is 8.91. The van der Waals surface area contributed by atoms with E-state index < -0.39 is 17.2 Å². The highest BCUT2D eigenvalue weighted by atomic mass is 16.6. The van der Waals surface area contributed by atoms with Crippen molar-refractivity contribution in [2.75, 3.05) is 0 Å². The topological polar surface area (TPSA) is 76.7 Å². The zero-order chi connectivity index (χ0) is 21.1. The third-order valence-corrected chi connectivity index (χ3v) is 6.26. The zero-order valence-electron chi connectivity index (χ0n) is 18.8. The molecule has 2 N–H and O–H groups in total. The van der Waals surface area contributed by atoms with Crippen molar-refractivity contribution in [3.05, 3.63) is 0 Å². The summed E-state index contributed by atoms with van der Waals surface area (Å²) in [5.41, 5.74) is -1.08. The minimum absolute atomic E-state index is 0.0322. The van der Waals surface area contributed by atoms with Gasteiger partial charge in [-0.1, -0.05) is 27.2 Å². The highest BCUT2D eigenvalue weighted by Gasteiger charge is 2.43. The maximum Gasteiger partial charge on any atom is 0.408 e. The first-order chi connectivity index (χ1) is 12.9. The molecule has 2 rings (SSSR count). The fourth-order valence-electron chi connectivity index (χ4n) is 4.65. The Balaban J connectivity index is 1.95. The molecule has 0 heterocycles. The quantitative estimate of drug-likeness (QED) is 0.700. The smallest absolute Gasteiger partial charge is 0.408 e. The molecule has 28 heavy (non-hydrogen) atoms. The summed E-state index contributed by atoms with van der Waals surface area (Å²) in [6.45, 7) is 14.1. The van der Waals surface area contributed by atoms with Gasteiger partial charge in [-0.25, -0.2) is 9.59 Å². The minimum Gasteiger partial charge on any atom is -0.446 e. The highest BCUT2D eigenvalue weighted by Crippen LogP contribution is 2.36. The predicted octanol–water partition coefficient (Wildman–Crippen LogP) is 5.01. The van der Waals surface area contributed by atoms with E-state index in [-0.39, 0.29) is 18.2 Å². The maximum atomic E-state index is 12.7. The van der Waals surface area contributed by atoms with Crippen molar-refractivity contribution in [1.29, 1.82) is 0 Å². The molecule has 0 radical (unpaired) electrons. The molecule has 2 unspecified atom stereocenters. The number of rotatable bonds is 4. The van der Waals surface area contributed by atoms with Gasteiger partial charge in [0.05, 0.1) is 11.6 Å². The lowest BCUT2D eigenvalue weighted by molar-refractivity contribution is 0.00334. The Hall–Kier alpha value is -1.46. The molecule has 2 amide bonds. The fraction of sp³-hybridized carbons (Fsp3) is 0.909. The van der Waals surface area contributed by atoms with E-state index in [4.69, 9.17) is 9.47 Å². The van der Waals surface area contributed by atoms with Crippen LogP contribution in [0.25, 0.3) is 0 Å². The van der Waals surface area contributed by atoms with Crippen molar-refractivity contribution in [2.24, 2.45) is 17.8 Å². The Morgan fingerprint density at radius 1 is 1.11 bits per heavy atom. The number of carbonyl (C=O) groups is 2. The Morgan fingerprint density at radius 3 is 2.39 bits per heavy atom. The lowest BCUT2D eigenvalue weighted by Gasteiger charge is -2.38. The van der Waals surface area contributed by atoms with Gasteiger partial charge in [0.2, 0.25) is 0 Å². The largest absolute Gasteiger partial charge is 0.446 e. The van der Waals surface area contributed by atoms with E-state index in [1.807, 2.05) is 27.7 Å².